The van der Waals surface area contributed by atoms with Gasteiger partial charge < -0.3 is 10.3 Å². The second kappa shape index (κ2) is 6.71. The van der Waals surface area contributed by atoms with E-state index in [9.17, 15) is 4.79 Å². The molecular weight excluding hydrogens is 346 g/mol. The third-order valence-electron chi connectivity index (χ3n) is 5.24. The van der Waals surface area contributed by atoms with Gasteiger partial charge >= 0.3 is 0 Å². The van der Waals surface area contributed by atoms with Crippen LogP contribution in [0.2, 0.25) is 0 Å². The van der Waals surface area contributed by atoms with Gasteiger partial charge in [0.1, 0.15) is 0 Å². The summed E-state index contributed by atoms with van der Waals surface area (Å²) in [5, 5.41) is 1.03. The van der Waals surface area contributed by atoms with Crippen molar-refractivity contribution in [1.29, 1.82) is 0 Å². The van der Waals surface area contributed by atoms with Gasteiger partial charge in [0.2, 0.25) is 5.91 Å². The van der Waals surface area contributed by atoms with Crippen molar-refractivity contribution in [2.45, 2.75) is 13.8 Å². The first-order chi connectivity index (χ1) is 13.5. The van der Waals surface area contributed by atoms with Crippen LogP contribution in [-0.2, 0) is 0 Å². The summed E-state index contributed by atoms with van der Waals surface area (Å²) >= 11 is 0. The highest BCUT2D eigenvalue weighted by Gasteiger charge is 2.15. The van der Waals surface area contributed by atoms with Gasteiger partial charge in [-0.25, -0.2) is 4.85 Å². The van der Waals surface area contributed by atoms with Crippen molar-refractivity contribution >= 4 is 22.5 Å². The fourth-order valence-corrected chi connectivity index (χ4v) is 3.54. The molecule has 1 aromatic heterocycles. The Morgan fingerprint density at radius 3 is 2.43 bits per heavy atom. The molecule has 4 nitrogen and oxygen atoms in total. The van der Waals surface area contributed by atoms with E-state index in [1.54, 1.807) is 12.1 Å². The highest BCUT2D eigenvalue weighted by molar-refractivity contribution is 6.00. The van der Waals surface area contributed by atoms with Gasteiger partial charge in [0, 0.05) is 23.0 Å². The van der Waals surface area contributed by atoms with Crippen molar-refractivity contribution in [1.82, 2.24) is 4.57 Å². The fourth-order valence-electron chi connectivity index (χ4n) is 3.54. The minimum absolute atomic E-state index is 0.443. The summed E-state index contributed by atoms with van der Waals surface area (Å²) in [6.45, 7) is 11.6. The third kappa shape index (κ3) is 2.83. The first kappa shape index (κ1) is 17.6. The number of hydrogen-bond acceptors (Lipinski definition) is 1. The van der Waals surface area contributed by atoms with Gasteiger partial charge in [0.25, 0.3) is 0 Å². The molecule has 3 aromatic carbocycles. The van der Waals surface area contributed by atoms with Crippen LogP contribution in [0.1, 0.15) is 21.5 Å². The second-order valence-electron chi connectivity index (χ2n) is 6.88. The first-order valence-corrected chi connectivity index (χ1v) is 8.99. The van der Waals surface area contributed by atoms with Gasteiger partial charge in [-0.05, 0) is 72.3 Å². The Hall–Kier alpha value is -3.84. The van der Waals surface area contributed by atoms with Crippen LogP contribution in [0.4, 0.5) is 5.69 Å². The maximum atomic E-state index is 11.4. The van der Waals surface area contributed by atoms with Crippen molar-refractivity contribution < 1.29 is 4.79 Å². The molecular formula is C24H19N3O. The van der Waals surface area contributed by atoms with Crippen LogP contribution in [0.3, 0.4) is 0 Å². The average molecular weight is 365 g/mol. The van der Waals surface area contributed by atoms with Gasteiger partial charge in [-0.3, -0.25) is 4.79 Å². The van der Waals surface area contributed by atoms with E-state index < -0.39 is 5.91 Å². The smallest absolute Gasteiger partial charge is 0.248 e. The molecule has 0 unspecified atom stereocenters. The van der Waals surface area contributed by atoms with Crippen LogP contribution in [0, 0.1) is 20.4 Å². The predicted molar refractivity (Wildman–Crippen MR) is 113 cm³/mol. The van der Waals surface area contributed by atoms with E-state index in [2.05, 4.69) is 47.7 Å². The number of nitrogens with zero attached hydrogens (tertiary/aromatic N) is 2. The van der Waals surface area contributed by atoms with Crippen molar-refractivity contribution in [3.8, 4) is 16.8 Å². The Balaban J connectivity index is 2.00. The molecule has 0 aliphatic heterocycles. The zero-order chi connectivity index (χ0) is 19.8. The maximum absolute atomic E-state index is 11.4. The van der Waals surface area contributed by atoms with E-state index in [4.69, 9.17) is 12.3 Å². The first-order valence-electron chi connectivity index (χ1n) is 8.99. The molecule has 0 aliphatic carbocycles. The molecule has 0 fully saturated rings. The van der Waals surface area contributed by atoms with E-state index in [1.807, 2.05) is 30.3 Å². The molecule has 0 atom stereocenters. The third-order valence-corrected chi connectivity index (χ3v) is 5.24. The molecule has 136 valence electrons. The van der Waals surface area contributed by atoms with Gasteiger partial charge in [0.15, 0.2) is 5.69 Å². The quantitative estimate of drug-likeness (QED) is 0.475. The number of rotatable bonds is 3. The Morgan fingerprint density at radius 1 is 1.00 bits per heavy atom. The van der Waals surface area contributed by atoms with Crippen LogP contribution >= 0.6 is 0 Å². The lowest BCUT2D eigenvalue weighted by molar-refractivity contribution is 0.100. The minimum atomic E-state index is -0.443. The molecule has 0 spiro atoms. The molecule has 0 radical (unpaired) electrons. The highest BCUT2D eigenvalue weighted by Crippen LogP contribution is 2.37. The summed E-state index contributed by atoms with van der Waals surface area (Å²) in [4.78, 5) is 15.0. The summed E-state index contributed by atoms with van der Waals surface area (Å²) in [6.07, 6.45) is 2.10. The van der Waals surface area contributed by atoms with Crippen molar-refractivity contribution in [2.24, 2.45) is 5.73 Å². The van der Waals surface area contributed by atoms with E-state index >= 15 is 0 Å². The summed E-state index contributed by atoms with van der Waals surface area (Å²) in [7, 11) is 0. The van der Waals surface area contributed by atoms with Crippen molar-refractivity contribution in [3.63, 3.8) is 0 Å². The Labute approximate surface area is 163 Å². The second-order valence-corrected chi connectivity index (χ2v) is 6.88. The van der Waals surface area contributed by atoms with Crippen LogP contribution in [-0.4, -0.2) is 10.5 Å². The molecule has 4 aromatic rings. The van der Waals surface area contributed by atoms with Crippen LogP contribution in [0.25, 0.3) is 32.6 Å². The Morgan fingerprint density at radius 2 is 1.75 bits per heavy atom. The molecule has 4 heteroatoms. The Bertz CT molecular complexity index is 1260. The molecule has 1 amide bonds. The predicted octanol–water partition coefficient (Wildman–Crippen LogP) is 5.56. The monoisotopic (exact) mass is 365 g/mol. The number of benzene rings is 3. The number of aromatic nitrogens is 1. The molecule has 0 saturated heterocycles. The number of primary amides is 1. The molecule has 28 heavy (non-hydrogen) atoms. The molecule has 1 heterocycles. The van der Waals surface area contributed by atoms with E-state index in [0.717, 1.165) is 27.7 Å². The number of amides is 1. The average Bonchev–Trinajstić information content (AvgIpc) is 3.08. The lowest BCUT2D eigenvalue weighted by Gasteiger charge is -2.07. The number of carbonyl (C=O) groups is 1. The lowest BCUT2D eigenvalue weighted by Crippen LogP contribution is -2.10. The number of carbonyl (C=O) groups excluding carboxylic acids is 1. The zero-order valence-corrected chi connectivity index (χ0v) is 15.7. The van der Waals surface area contributed by atoms with Gasteiger partial charge in [0.05, 0.1) is 12.1 Å². The summed E-state index contributed by atoms with van der Waals surface area (Å²) < 4.78 is 2.09. The molecule has 0 bridgehead atoms. The largest absolute Gasteiger partial charge is 0.366 e. The number of fused-ring (bicyclic) bond motifs is 1. The van der Waals surface area contributed by atoms with Crippen LogP contribution in [0.15, 0.2) is 66.9 Å². The number of aryl methyl sites for hydroxylation is 1. The van der Waals surface area contributed by atoms with E-state index in [1.165, 1.54) is 11.1 Å². The topological polar surface area (TPSA) is 52.4 Å². The molecule has 2 N–H and O–H groups in total. The van der Waals surface area contributed by atoms with Crippen LogP contribution in [0.5, 0.6) is 0 Å². The molecule has 0 saturated carbocycles. The summed E-state index contributed by atoms with van der Waals surface area (Å²) in [5.41, 5.74) is 13.1. The molecule has 4 rings (SSSR count). The fraction of sp³-hybridized carbons (Fsp3) is 0.0833. The number of hydrogen-bond donors (Lipinski definition) is 1. The van der Waals surface area contributed by atoms with Gasteiger partial charge in [-0.15, -0.1) is 0 Å². The summed E-state index contributed by atoms with van der Waals surface area (Å²) in [5.74, 6) is -0.443. The maximum Gasteiger partial charge on any atom is 0.248 e. The zero-order valence-electron chi connectivity index (χ0n) is 15.7. The number of nitrogens with two attached hydrogens (primary N) is 1. The van der Waals surface area contributed by atoms with E-state index in [0.29, 0.717) is 11.3 Å². The van der Waals surface area contributed by atoms with Gasteiger partial charge in [-0.1, -0.05) is 24.3 Å². The van der Waals surface area contributed by atoms with Crippen molar-refractivity contribution in [3.05, 3.63) is 95.0 Å². The lowest BCUT2D eigenvalue weighted by atomic mass is 9.97. The normalized spacial score (nSPS) is 10.8. The van der Waals surface area contributed by atoms with Crippen LogP contribution < -0.4 is 5.73 Å². The van der Waals surface area contributed by atoms with Crippen molar-refractivity contribution in [2.75, 3.05) is 0 Å². The summed E-state index contributed by atoms with van der Waals surface area (Å²) in [6, 6.07) is 19.2. The van der Waals surface area contributed by atoms with E-state index in [-0.39, 0.29) is 0 Å². The Kier molecular flexibility index (Phi) is 4.21. The standard InChI is InChI=1S/C24H19N3O/c1-15-5-4-6-20(16(15)2)22-14-27(19-10-7-17(8-11-19)24(25)28)23-12-9-18(26-3)13-21(22)23/h4-14H,1-2H3,(H2,25,28). The molecule has 0 aliphatic rings. The van der Waals surface area contributed by atoms with Gasteiger partial charge in [-0.2, -0.15) is 0 Å². The minimum Gasteiger partial charge on any atom is -0.366 e. The SMILES string of the molecule is [C-]#[N+]c1ccc2c(c1)c(-c1cccc(C)c1C)cn2-c1ccc(C(N)=O)cc1. The highest BCUT2D eigenvalue weighted by atomic mass is 16.1.